The third-order valence-electron chi connectivity index (χ3n) is 8.71. The van der Waals surface area contributed by atoms with Crippen molar-refractivity contribution < 1.29 is 4.57 Å². The van der Waals surface area contributed by atoms with E-state index < -0.39 is 7.14 Å². The molecule has 6 aromatic carbocycles. The fraction of sp³-hybridized carbons (Fsp3) is 0.0513. The molecule has 0 bridgehead atoms. The van der Waals surface area contributed by atoms with Gasteiger partial charge in [-0.25, -0.2) is 0 Å². The molecule has 1 aliphatic heterocycles. The van der Waals surface area contributed by atoms with Crippen molar-refractivity contribution in [3.63, 3.8) is 0 Å². The monoisotopic (exact) mass is 557 g/mol. The van der Waals surface area contributed by atoms with E-state index in [1.54, 1.807) is 0 Å². The highest BCUT2D eigenvalue weighted by Gasteiger charge is 2.33. The van der Waals surface area contributed by atoms with Gasteiger partial charge in [-0.15, -0.1) is 0 Å². The van der Waals surface area contributed by atoms with Crippen molar-refractivity contribution in [2.24, 2.45) is 10.9 Å². The Morgan fingerprint density at radius 3 is 1.93 bits per heavy atom. The van der Waals surface area contributed by atoms with E-state index in [2.05, 4.69) is 97.1 Å². The van der Waals surface area contributed by atoms with E-state index >= 15 is 0 Å². The minimum absolute atomic E-state index is 0.00100. The molecule has 8 rings (SSSR count). The van der Waals surface area contributed by atoms with Crippen molar-refractivity contribution in [1.29, 1.82) is 0 Å². The van der Waals surface area contributed by atoms with E-state index in [4.69, 9.17) is 4.99 Å². The molecule has 0 spiro atoms. The minimum atomic E-state index is -3.05. The van der Waals surface area contributed by atoms with Crippen molar-refractivity contribution in [2.45, 2.75) is 6.04 Å². The molecule has 0 N–H and O–H groups in total. The van der Waals surface area contributed by atoms with Gasteiger partial charge in [0.25, 0.3) is 0 Å². The zero-order valence-electron chi connectivity index (χ0n) is 23.0. The van der Waals surface area contributed by atoms with Gasteiger partial charge in [-0.2, -0.15) is 0 Å². The van der Waals surface area contributed by atoms with Crippen LogP contribution in [-0.4, -0.2) is 0 Å². The van der Waals surface area contributed by atoms with Crippen molar-refractivity contribution >= 4 is 45.5 Å². The maximum atomic E-state index is 15.0. The fourth-order valence-corrected chi connectivity index (χ4v) is 9.34. The Bertz CT molecular complexity index is 2120. The molecule has 0 aromatic heterocycles. The number of hydrogen-bond acceptors (Lipinski definition) is 2. The first-order chi connectivity index (χ1) is 20.7. The summed E-state index contributed by atoms with van der Waals surface area (Å²) in [5.41, 5.74) is 4.89. The van der Waals surface area contributed by atoms with Gasteiger partial charge >= 0.3 is 0 Å². The highest BCUT2D eigenvalue weighted by molar-refractivity contribution is 7.85. The van der Waals surface area contributed by atoms with Gasteiger partial charge in [0.2, 0.25) is 0 Å². The van der Waals surface area contributed by atoms with E-state index in [0.717, 1.165) is 26.8 Å². The summed E-state index contributed by atoms with van der Waals surface area (Å²) < 4.78 is 15.0. The summed E-state index contributed by atoms with van der Waals surface area (Å²) in [6.45, 7) is 0. The van der Waals surface area contributed by atoms with Gasteiger partial charge in [-0.05, 0) is 27.6 Å². The van der Waals surface area contributed by atoms with Crippen LogP contribution in [0.1, 0.15) is 22.7 Å². The Hall–Kier alpha value is -4.78. The molecule has 1 aliphatic carbocycles. The van der Waals surface area contributed by atoms with E-state index in [1.807, 2.05) is 60.7 Å². The quantitative estimate of drug-likeness (QED) is 0.222. The second kappa shape index (κ2) is 9.94. The minimum Gasteiger partial charge on any atom is -0.309 e. The standard InChI is InChI=1S/C39H28NOP/c41-42(30-13-3-1-4-14-30,31-15-5-2-6-16-31)32-23-19-29(20-24-32)37-35-25-21-27-11-7-9-17-33(27)38(35)40-39-34-18-10-8-12-28(34)22-26-36(37)39/h1-26,35,38H. The number of benzene rings is 6. The van der Waals surface area contributed by atoms with Crippen LogP contribution in [-0.2, 0) is 4.57 Å². The Morgan fingerprint density at radius 1 is 0.571 bits per heavy atom. The van der Waals surface area contributed by atoms with Crippen LogP contribution in [0.3, 0.4) is 0 Å². The molecular formula is C39H28NOP. The van der Waals surface area contributed by atoms with Crippen molar-refractivity contribution in [1.82, 2.24) is 0 Å². The molecule has 0 saturated carbocycles. The van der Waals surface area contributed by atoms with Gasteiger partial charge in [-0.3, -0.25) is 4.99 Å². The Balaban J connectivity index is 1.35. The van der Waals surface area contributed by atoms with Crippen LogP contribution in [0.25, 0.3) is 22.4 Å². The van der Waals surface area contributed by atoms with Crippen LogP contribution in [0.5, 0.6) is 0 Å². The first kappa shape index (κ1) is 25.0. The summed E-state index contributed by atoms with van der Waals surface area (Å²) in [5, 5.41) is 7.11. The van der Waals surface area contributed by atoms with Crippen molar-refractivity contribution in [3.8, 4) is 0 Å². The maximum Gasteiger partial charge on any atom is 0.171 e. The highest BCUT2D eigenvalue weighted by Crippen LogP contribution is 2.44. The van der Waals surface area contributed by atoms with Gasteiger partial charge in [-0.1, -0.05) is 158 Å². The van der Waals surface area contributed by atoms with Gasteiger partial charge in [0, 0.05) is 32.4 Å². The van der Waals surface area contributed by atoms with Crippen LogP contribution in [0.4, 0.5) is 0 Å². The van der Waals surface area contributed by atoms with Gasteiger partial charge in [0.1, 0.15) is 0 Å². The molecule has 6 aromatic rings. The normalized spacial score (nSPS) is 17.2. The fourth-order valence-electron chi connectivity index (χ4n) is 6.69. The van der Waals surface area contributed by atoms with Gasteiger partial charge in [0.15, 0.2) is 7.14 Å². The first-order valence-corrected chi connectivity index (χ1v) is 16.1. The number of nitrogens with zero attached hydrogens (tertiary/aromatic N) is 1. The third-order valence-corrected chi connectivity index (χ3v) is 11.8. The molecule has 0 fully saturated rings. The molecule has 2 nitrogen and oxygen atoms in total. The zero-order chi connectivity index (χ0) is 28.1. The third kappa shape index (κ3) is 3.87. The largest absolute Gasteiger partial charge is 0.309 e. The molecule has 2 unspecified atom stereocenters. The average molecular weight is 558 g/mol. The summed E-state index contributed by atoms with van der Waals surface area (Å²) in [7, 11) is -3.05. The lowest BCUT2D eigenvalue weighted by Gasteiger charge is -2.32. The Morgan fingerprint density at radius 2 is 1.19 bits per heavy atom. The summed E-state index contributed by atoms with van der Waals surface area (Å²) in [4.78, 5) is 5.43. The van der Waals surface area contributed by atoms with Gasteiger partial charge in [0.05, 0.1) is 11.4 Å². The zero-order valence-corrected chi connectivity index (χ0v) is 23.9. The number of fused-ring (bicyclic) bond motifs is 6. The molecule has 1 heterocycles. The predicted molar refractivity (Wildman–Crippen MR) is 175 cm³/mol. The van der Waals surface area contributed by atoms with Crippen molar-refractivity contribution in [3.05, 3.63) is 179 Å². The smallest absolute Gasteiger partial charge is 0.171 e. The summed E-state index contributed by atoms with van der Waals surface area (Å²) in [5.74, 6) is 0.106. The van der Waals surface area contributed by atoms with Crippen LogP contribution < -0.4 is 26.5 Å². The lowest BCUT2D eigenvalue weighted by Crippen LogP contribution is -2.37. The van der Waals surface area contributed by atoms with E-state index in [1.165, 1.54) is 32.7 Å². The lowest BCUT2D eigenvalue weighted by molar-refractivity contribution is 0.592. The number of hydrogen-bond donors (Lipinski definition) is 0. The number of rotatable bonds is 4. The van der Waals surface area contributed by atoms with E-state index in [9.17, 15) is 4.57 Å². The Labute approximate surface area is 245 Å². The molecule has 0 saturated heterocycles. The molecule has 42 heavy (non-hydrogen) atoms. The van der Waals surface area contributed by atoms with Crippen LogP contribution in [0, 0.1) is 5.92 Å². The molecular weight excluding hydrogens is 529 g/mol. The van der Waals surface area contributed by atoms with Crippen LogP contribution in [0.2, 0.25) is 0 Å². The summed E-state index contributed by atoms with van der Waals surface area (Å²) in [6.07, 6.45) is 4.56. The summed E-state index contributed by atoms with van der Waals surface area (Å²) >= 11 is 0. The maximum absolute atomic E-state index is 15.0. The molecule has 0 amide bonds. The SMILES string of the molecule is O=P(c1ccccc1)(c1ccccc1)c1ccc(C2=c3ccc4ccccc4c3=NC3c4ccccc4C=CC23)cc1. The summed E-state index contributed by atoms with van der Waals surface area (Å²) in [6, 6.07) is 49.8. The molecule has 0 radical (unpaired) electrons. The van der Waals surface area contributed by atoms with Crippen LogP contribution >= 0.6 is 7.14 Å². The van der Waals surface area contributed by atoms with Crippen molar-refractivity contribution in [2.75, 3.05) is 0 Å². The molecule has 3 heteroatoms. The second-order valence-corrected chi connectivity index (χ2v) is 13.8. The Kier molecular flexibility index (Phi) is 5.91. The lowest BCUT2D eigenvalue weighted by atomic mass is 9.76. The van der Waals surface area contributed by atoms with Crippen LogP contribution in [0.15, 0.2) is 157 Å². The predicted octanol–water partition coefficient (Wildman–Crippen LogP) is 6.70. The molecule has 2 aliphatic rings. The first-order valence-electron chi connectivity index (χ1n) is 14.4. The molecule has 2 atom stereocenters. The highest BCUT2D eigenvalue weighted by atomic mass is 31.2. The molecule has 200 valence electrons. The second-order valence-electron chi connectivity index (χ2n) is 11.0. The topological polar surface area (TPSA) is 29.4 Å². The average Bonchev–Trinajstić information content (AvgIpc) is 3.07. The van der Waals surface area contributed by atoms with Gasteiger partial charge < -0.3 is 4.57 Å². The van der Waals surface area contributed by atoms with E-state index in [0.29, 0.717) is 0 Å². The van der Waals surface area contributed by atoms with E-state index in [-0.39, 0.29) is 12.0 Å².